The number of nitrogens with one attached hydrogen (secondary N) is 1. The van der Waals surface area contributed by atoms with Crippen LogP contribution in [0, 0.1) is 11.8 Å². The fraction of sp³-hybridized carbons (Fsp3) is 1.00. The lowest BCUT2D eigenvalue weighted by Crippen LogP contribution is -2.38. The number of hydrogen-bond donors (Lipinski definition) is 1. The van der Waals surface area contributed by atoms with Crippen LogP contribution in [0.5, 0.6) is 0 Å². The number of rotatable bonds is 8. The van der Waals surface area contributed by atoms with E-state index in [-0.39, 0.29) is 0 Å². The second-order valence-corrected chi connectivity index (χ2v) is 4.59. The van der Waals surface area contributed by atoms with Crippen molar-refractivity contribution in [3.8, 4) is 0 Å². The maximum absolute atomic E-state index is 3.69. The molecule has 0 heterocycles. The van der Waals surface area contributed by atoms with Crippen molar-refractivity contribution in [3.63, 3.8) is 0 Å². The molecule has 0 saturated carbocycles. The Hall–Kier alpha value is -0.0400. The molecule has 0 aromatic rings. The second-order valence-electron chi connectivity index (χ2n) is 4.59. The summed E-state index contributed by atoms with van der Waals surface area (Å²) >= 11 is 0. The van der Waals surface area contributed by atoms with Crippen molar-refractivity contribution in [2.24, 2.45) is 11.8 Å². The zero-order valence-corrected chi connectivity index (χ0v) is 10.8. The molecule has 1 heteroatoms. The molecule has 0 aliphatic carbocycles. The Morgan fingerprint density at radius 2 is 1.64 bits per heavy atom. The average molecular weight is 199 g/mol. The highest BCUT2D eigenvalue weighted by Gasteiger charge is 2.19. The van der Waals surface area contributed by atoms with Gasteiger partial charge in [-0.15, -0.1) is 0 Å². The average Bonchev–Trinajstić information content (AvgIpc) is 2.22. The van der Waals surface area contributed by atoms with Gasteiger partial charge >= 0.3 is 0 Å². The molecular formula is C13H29N. The van der Waals surface area contributed by atoms with Crippen LogP contribution in [-0.4, -0.2) is 12.6 Å². The van der Waals surface area contributed by atoms with Gasteiger partial charge in [0.2, 0.25) is 0 Å². The molecule has 0 rings (SSSR count). The van der Waals surface area contributed by atoms with Crippen LogP contribution < -0.4 is 5.32 Å². The van der Waals surface area contributed by atoms with Gasteiger partial charge < -0.3 is 5.32 Å². The molecule has 0 radical (unpaired) electrons. The highest BCUT2D eigenvalue weighted by molar-refractivity contribution is 4.76. The lowest BCUT2D eigenvalue weighted by molar-refractivity contribution is 0.264. The first kappa shape index (κ1) is 14.0. The van der Waals surface area contributed by atoms with Crippen LogP contribution in [-0.2, 0) is 0 Å². The van der Waals surface area contributed by atoms with Crippen molar-refractivity contribution < 1.29 is 0 Å². The van der Waals surface area contributed by atoms with Gasteiger partial charge in [0.05, 0.1) is 0 Å². The highest BCUT2D eigenvalue weighted by atomic mass is 14.9. The molecule has 14 heavy (non-hydrogen) atoms. The monoisotopic (exact) mass is 199 g/mol. The summed E-state index contributed by atoms with van der Waals surface area (Å²) in [7, 11) is 0. The molecule has 0 aliphatic rings. The summed E-state index contributed by atoms with van der Waals surface area (Å²) in [6, 6.07) is 0.731. The Balaban J connectivity index is 4.02. The molecule has 0 bridgehead atoms. The maximum Gasteiger partial charge on any atom is 0.00951 e. The summed E-state index contributed by atoms with van der Waals surface area (Å²) in [6.45, 7) is 12.8. The van der Waals surface area contributed by atoms with E-state index in [0.29, 0.717) is 0 Å². The summed E-state index contributed by atoms with van der Waals surface area (Å²) in [5, 5.41) is 3.69. The first-order valence-corrected chi connectivity index (χ1v) is 6.40. The van der Waals surface area contributed by atoms with Crippen LogP contribution >= 0.6 is 0 Å². The SMILES string of the molecule is CCCNC(CCC)C(C)C(C)CC. The lowest BCUT2D eigenvalue weighted by atomic mass is 9.85. The summed E-state index contributed by atoms with van der Waals surface area (Å²) in [5.74, 6) is 1.66. The van der Waals surface area contributed by atoms with Crippen LogP contribution in [0.2, 0.25) is 0 Å². The van der Waals surface area contributed by atoms with Gasteiger partial charge in [0, 0.05) is 6.04 Å². The van der Waals surface area contributed by atoms with E-state index in [4.69, 9.17) is 0 Å². The topological polar surface area (TPSA) is 12.0 Å². The quantitative estimate of drug-likeness (QED) is 0.626. The summed E-state index contributed by atoms with van der Waals surface area (Å²) < 4.78 is 0. The highest BCUT2D eigenvalue weighted by Crippen LogP contribution is 2.21. The third kappa shape index (κ3) is 4.99. The van der Waals surface area contributed by atoms with Crippen LogP contribution in [0.15, 0.2) is 0 Å². The molecule has 1 N–H and O–H groups in total. The summed E-state index contributed by atoms with van der Waals surface area (Å²) in [6.07, 6.45) is 5.16. The van der Waals surface area contributed by atoms with E-state index >= 15 is 0 Å². The lowest BCUT2D eigenvalue weighted by Gasteiger charge is -2.29. The first-order chi connectivity index (χ1) is 6.67. The predicted molar refractivity (Wildman–Crippen MR) is 65.6 cm³/mol. The number of hydrogen-bond acceptors (Lipinski definition) is 1. The predicted octanol–water partition coefficient (Wildman–Crippen LogP) is 3.84. The van der Waals surface area contributed by atoms with Gasteiger partial charge in [0.15, 0.2) is 0 Å². The molecule has 0 amide bonds. The van der Waals surface area contributed by atoms with E-state index < -0.39 is 0 Å². The molecule has 0 aliphatic heterocycles. The molecule has 86 valence electrons. The van der Waals surface area contributed by atoms with Crippen LogP contribution in [0.25, 0.3) is 0 Å². The van der Waals surface area contributed by atoms with Crippen molar-refractivity contribution in [1.82, 2.24) is 5.32 Å². The van der Waals surface area contributed by atoms with Crippen molar-refractivity contribution in [1.29, 1.82) is 0 Å². The van der Waals surface area contributed by atoms with E-state index in [2.05, 4.69) is 39.9 Å². The smallest absolute Gasteiger partial charge is 0.00951 e. The second kappa shape index (κ2) is 8.28. The van der Waals surface area contributed by atoms with E-state index in [1.54, 1.807) is 0 Å². The molecule has 0 spiro atoms. The van der Waals surface area contributed by atoms with Crippen molar-refractivity contribution in [2.45, 2.75) is 66.3 Å². The van der Waals surface area contributed by atoms with Gasteiger partial charge in [0.25, 0.3) is 0 Å². The van der Waals surface area contributed by atoms with Gasteiger partial charge in [-0.1, -0.05) is 47.5 Å². The van der Waals surface area contributed by atoms with Crippen LogP contribution in [0.3, 0.4) is 0 Å². The molecule has 0 aromatic heterocycles. The first-order valence-electron chi connectivity index (χ1n) is 6.40. The Bertz CT molecular complexity index is 122. The third-order valence-electron chi connectivity index (χ3n) is 3.43. The zero-order valence-electron chi connectivity index (χ0n) is 10.8. The van der Waals surface area contributed by atoms with E-state index in [1.165, 1.54) is 32.2 Å². The maximum atomic E-state index is 3.69. The van der Waals surface area contributed by atoms with E-state index in [0.717, 1.165) is 17.9 Å². The van der Waals surface area contributed by atoms with Crippen molar-refractivity contribution >= 4 is 0 Å². The van der Waals surface area contributed by atoms with Gasteiger partial charge in [-0.05, 0) is 31.2 Å². The van der Waals surface area contributed by atoms with Gasteiger partial charge in [-0.3, -0.25) is 0 Å². The Morgan fingerprint density at radius 1 is 1.00 bits per heavy atom. The summed E-state index contributed by atoms with van der Waals surface area (Å²) in [4.78, 5) is 0. The fourth-order valence-electron chi connectivity index (χ4n) is 1.96. The largest absolute Gasteiger partial charge is 0.314 e. The molecule has 0 fully saturated rings. The van der Waals surface area contributed by atoms with Gasteiger partial charge in [-0.2, -0.15) is 0 Å². The minimum atomic E-state index is 0.731. The summed E-state index contributed by atoms with van der Waals surface area (Å²) in [5.41, 5.74) is 0. The van der Waals surface area contributed by atoms with E-state index in [1.807, 2.05) is 0 Å². The Labute approximate surface area is 90.7 Å². The standard InChI is InChI=1S/C13H29N/c1-6-9-13(14-10-7-2)12(5)11(4)8-3/h11-14H,6-10H2,1-5H3. The zero-order chi connectivity index (χ0) is 11.0. The molecule has 0 saturated heterocycles. The van der Waals surface area contributed by atoms with Crippen LogP contribution in [0.4, 0.5) is 0 Å². The van der Waals surface area contributed by atoms with Crippen LogP contribution in [0.1, 0.15) is 60.3 Å². The molecular weight excluding hydrogens is 170 g/mol. The fourth-order valence-corrected chi connectivity index (χ4v) is 1.96. The molecule has 3 unspecified atom stereocenters. The Morgan fingerprint density at radius 3 is 2.07 bits per heavy atom. The minimum Gasteiger partial charge on any atom is -0.314 e. The van der Waals surface area contributed by atoms with Gasteiger partial charge in [0.1, 0.15) is 0 Å². The molecule has 1 nitrogen and oxygen atoms in total. The minimum absolute atomic E-state index is 0.731. The molecule has 3 atom stereocenters. The Kier molecular flexibility index (Phi) is 8.26. The third-order valence-corrected chi connectivity index (χ3v) is 3.43. The van der Waals surface area contributed by atoms with Crippen molar-refractivity contribution in [2.75, 3.05) is 6.54 Å². The van der Waals surface area contributed by atoms with E-state index in [9.17, 15) is 0 Å². The van der Waals surface area contributed by atoms with Crippen molar-refractivity contribution in [3.05, 3.63) is 0 Å². The van der Waals surface area contributed by atoms with Gasteiger partial charge in [-0.25, -0.2) is 0 Å². The normalized spacial score (nSPS) is 17.8. The molecule has 0 aromatic carbocycles.